The van der Waals surface area contributed by atoms with E-state index in [1.807, 2.05) is 11.8 Å². The minimum absolute atomic E-state index is 0.761. The fourth-order valence-corrected chi connectivity index (χ4v) is 4.51. The maximum absolute atomic E-state index is 2.69. The van der Waals surface area contributed by atoms with Crippen LogP contribution in [-0.2, 0) is 0 Å². The van der Waals surface area contributed by atoms with E-state index in [0.29, 0.717) is 0 Å². The van der Waals surface area contributed by atoms with E-state index in [1.165, 1.54) is 36.7 Å². The standard InChI is InChI=1S/C16H23NS/c1-12(2)13-7-8-17(9-13)10-14-11-18-16-6-4-3-5-15(14)16/h3-6,12-14H,7-11H2,1-2H3. The van der Waals surface area contributed by atoms with E-state index in [-0.39, 0.29) is 0 Å². The molecule has 1 aromatic carbocycles. The summed E-state index contributed by atoms with van der Waals surface area (Å²) < 4.78 is 0. The summed E-state index contributed by atoms with van der Waals surface area (Å²) in [6, 6.07) is 8.97. The molecular formula is C16H23NS. The van der Waals surface area contributed by atoms with Gasteiger partial charge in [0.15, 0.2) is 0 Å². The first kappa shape index (κ1) is 12.6. The van der Waals surface area contributed by atoms with Crippen LogP contribution in [0.5, 0.6) is 0 Å². The summed E-state index contributed by atoms with van der Waals surface area (Å²) in [5.74, 6) is 3.81. The Morgan fingerprint density at radius 2 is 2.17 bits per heavy atom. The van der Waals surface area contributed by atoms with E-state index in [4.69, 9.17) is 0 Å². The first-order valence-corrected chi connectivity index (χ1v) is 8.16. The number of thioether (sulfide) groups is 1. The molecule has 0 aliphatic carbocycles. The maximum Gasteiger partial charge on any atom is 0.0108 e. The summed E-state index contributed by atoms with van der Waals surface area (Å²) in [4.78, 5) is 4.21. The summed E-state index contributed by atoms with van der Waals surface area (Å²) in [5, 5.41) is 0. The third-order valence-corrected chi connectivity index (χ3v) is 5.78. The lowest BCUT2D eigenvalue weighted by Gasteiger charge is -2.21. The van der Waals surface area contributed by atoms with Gasteiger partial charge < -0.3 is 4.90 Å². The molecular weight excluding hydrogens is 238 g/mol. The molecule has 2 aliphatic rings. The van der Waals surface area contributed by atoms with Gasteiger partial charge in [-0.15, -0.1) is 11.8 Å². The van der Waals surface area contributed by atoms with E-state index in [0.717, 1.165) is 17.8 Å². The second kappa shape index (κ2) is 5.26. The molecule has 1 nitrogen and oxygen atoms in total. The van der Waals surface area contributed by atoms with Crippen molar-refractivity contribution in [3.63, 3.8) is 0 Å². The average molecular weight is 261 g/mol. The van der Waals surface area contributed by atoms with Gasteiger partial charge in [0, 0.05) is 29.7 Å². The third-order valence-electron chi connectivity index (χ3n) is 4.53. The highest BCUT2D eigenvalue weighted by molar-refractivity contribution is 7.99. The zero-order chi connectivity index (χ0) is 12.5. The van der Waals surface area contributed by atoms with Crippen molar-refractivity contribution in [3.05, 3.63) is 29.8 Å². The predicted octanol–water partition coefficient (Wildman–Crippen LogP) is 3.85. The Kier molecular flexibility index (Phi) is 3.67. The van der Waals surface area contributed by atoms with Gasteiger partial charge in [0.2, 0.25) is 0 Å². The highest BCUT2D eigenvalue weighted by atomic mass is 32.2. The van der Waals surface area contributed by atoms with E-state index in [2.05, 4.69) is 43.0 Å². The maximum atomic E-state index is 2.69. The average Bonchev–Trinajstić information content (AvgIpc) is 2.98. The van der Waals surface area contributed by atoms with Gasteiger partial charge in [-0.25, -0.2) is 0 Å². The van der Waals surface area contributed by atoms with Crippen LogP contribution in [0.2, 0.25) is 0 Å². The Hall–Kier alpha value is -0.470. The number of rotatable bonds is 3. The van der Waals surface area contributed by atoms with Crippen LogP contribution in [-0.4, -0.2) is 30.3 Å². The fourth-order valence-electron chi connectivity index (χ4n) is 3.26. The summed E-state index contributed by atoms with van der Waals surface area (Å²) in [6.07, 6.45) is 1.40. The first-order valence-electron chi connectivity index (χ1n) is 7.18. The summed E-state index contributed by atoms with van der Waals surface area (Å²) in [6.45, 7) is 8.64. The van der Waals surface area contributed by atoms with Gasteiger partial charge in [0.1, 0.15) is 0 Å². The molecule has 1 saturated heterocycles. The van der Waals surface area contributed by atoms with Crippen molar-refractivity contribution in [2.75, 3.05) is 25.4 Å². The van der Waals surface area contributed by atoms with Gasteiger partial charge in [0.25, 0.3) is 0 Å². The number of fused-ring (bicyclic) bond motifs is 1. The minimum Gasteiger partial charge on any atom is -0.302 e. The molecule has 98 valence electrons. The van der Waals surface area contributed by atoms with Crippen molar-refractivity contribution in [3.8, 4) is 0 Å². The number of nitrogens with zero attached hydrogens (tertiary/aromatic N) is 1. The Bertz CT molecular complexity index is 415. The molecule has 18 heavy (non-hydrogen) atoms. The second-order valence-corrected chi connectivity index (χ2v) is 7.16. The monoisotopic (exact) mass is 261 g/mol. The quantitative estimate of drug-likeness (QED) is 0.813. The van der Waals surface area contributed by atoms with Crippen molar-refractivity contribution in [1.82, 2.24) is 4.90 Å². The van der Waals surface area contributed by atoms with Crippen LogP contribution >= 0.6 is 11.8 Å². The molecule has 0 aromatic heterocycles. The molecule has 0 bridgehead atoms. The molecule has 2 heteroatoms. The van der Waals surface area contributed by atoms with Crippen molar-refractivity contribution in [1.29, 1.82) is 0 Å². The topological polar surface area (TPSA) is 3.24 Å². The van der Waals surface area contributed by atoms with Crippen LogP contribution < -0.4 is 0 Å². The minimum atomic E-state index is 0.761. The van der Waals surface area contributed by atoms with Crippen LogP contribution in [0.3, 0.4) is 0 Å². The normalized spacial score (nSPS) is 27.9. The lowest BCUT2D eigenvalue weighted by molar-refractivity contribution is 0.292. The third kappa shape index (κ3) is 2.46. The SMILES string of the molecule is CC(C)C1CCN(CC2CSc3ccccc32)C1. The van der Waals surface area contributed by atoms with Crippen molar-refractivity contribution in [2.45, 2.75) is 31.1 Å². The molecule has 1 fully saturated rings. The van der Waals surface area contributed by atoms with Crippen LogP contribution in [0.15, 0.2) is 29.2 Å². The molecule has 3 rings (SSSR count). The zero-order valence-corrected chi connectivity index (χ0v) is 12.2. The van der Waals surface area contributed by atoms with Crippen LogP contribution in [0.4, 0.5) is 0 Å². The van der Waals surface area contributed by atoms with Crippen molar-refractivity contribution >= 4 is 11.8 Å². The van der Waals surface area contributed by atoms with Crippen LogP contribution in [0.1, 0.15) is 31.7 Å². The van der Waals surface area contributed by atoms with Crippen molar-refractivity contribution in [2.24, 2.45) is 11.8 Å². The van der Waals surface area contributed by atoms with E-state index < -0.39 is 0 Å². The zero-order valence-electron chi connectivity index (χ0n) is 11.4. The van der Waals surface area contributed by atoms with Gasteiger partial charge in [-0.1, -0.05) is 32.0 Å². The Morgan fingerprint density at radius 1 is 1.33 bits per heavy atom. The molecule has 2 aliphatic heterocycles. The Labute approximate surface area is 115 Å². The molecule has 0 radical (unpaired) electrons. The summed E-state index contributed by atoms with van der Waals surface area (Å²) in [5.41, 5.74) is 1.59. The van der Waals surface area contributed by atoms with Gasteiger partial charge in [-0.05, 0) is 36.4 Å². The molecule has 0 N–H and O–H groups in total. The second-order valence-electron chi connectivity index (χ2n) is 6.10. The lowest BCUT2D eigenvalue weighted by Crippen LogP contribution is -2.27. The summed E-state index contributed by atoms with van der Waals surface area (Å²) in [7, 11) is 0. The number of benzene rings is 1. The number of hydrogen-bond donors (Lipinski definition) is 0. The number of likely N-dealkylation sites (tertiary alicyclic amines) is 1. The molecule has 2 atom stereocenters. The first-order chi connectivity index (χ1) is 8.74. The molecule has 0 amide bonds. The smallest absolute Gasteiger partial charge is 0.0108 e. The van der Waals surface area contributed by atoms with E-state index >= 15 is 0 Å². The number of hydrogen-bond acceptors (Lipinski definition) is 2. The van der Waals surface area contributed by atoms with E-state index in [9.17, 15) is 0 Å². The van der Waals surface area contributed by atoms with Crippen LogP contribution in [0, 0.1) is 11.8 Å². The molecule has 0 saturated carbocycles. The largest absolute Gasteiger partial charge is 0.302 e. The molecule has 2 heterocycles. The Morgan fingerprint density at radius 3 is 2.94 bits per heavy atom. The van der Waals surface area contributed by atoms with Gasteiger partial charge in [-0.2, -0.15) is 0 Å². The van der Waals surface area contributed by atoms with Gasteiger partial charge in [-0.3, -0.25) is 0 Å². The summed E-state index contributed by atoms with van der Waals surface area (Å²) >= 11 is 2.04. The Balaban J connectivity index is 1.62. The van der Waals surface area contributed by atoms with Crippen molar-refractivity contribution < 1.29 is 0 Å². The molecule has 1 aromatic rings. The van der Waals surface area contributed by atoms with E-state index in [1.54, 1.807) is 5.56 Å². The van der Waals surface area contributed by atoms with Crippen LogP contribution in [0.25, 0.3) is 0 Å². The lowest BCUT2D eigenvalue weighted by atomic mass is 9.95. The highest BCUT2D eigenvalue weighted by Crippen LogP contribution is 2.40. The molecule has 2 unspecified atom stereocenters. The predicted molar refractivity (Wildman–Crippen MR) is 79.3 cm³/mol. The highest BCUT2D eigenvalue weighted by Gasteiger charge is 2.29. The van der Waals surface area contributed by atoms with Gasteiger partial charge >= 0.3 is 0 Å². The fraction of sp³-hybridized carbons (Fsp3) is 0.625. The molecule has 0 spiro atoms. The van der Waals surface area contributed by atoms with Gasteiger partial charge in [0.05, 0.1) is 0 Å².